The van der Waals surface area contributed by atoms with Crippen molar-refractivity contribution < 1.29 is 14.4 Å². The summed E-state index contributed by atoms with van der Waals surface area (Å²) in [6.45, 7) is 0.761. The van der Waals surface area contributed by atoms with Crippen molar-refractivity contribution in [1.29, 1.82) is 0 Å². The first-order valence-corrected chi connectivity index (χ1v) is 7.39. The molecule has 1 N–H and O–H groups in total. The van der Waals surface area contributed by atoms with Crippen molar-refractivity contribution in [2.45, 2.75) is 44.7 Å². The summed E-state index contributed by atoms with van der Waals surface area (Å²) in [4.78, 5) is 12.6. The van der Waals surface area contributed by atoms with Crippen molar-refractivity contribution >= 4 is 5.69 Å². The molecule has 5 nitrogen and oxygen atoms in total. The molecule has 21 heavy (non-hydrogen) atoms. The third-order valence-electron chi connectivity index (χ3n) is 4.09. The molecule has 0 amide bonds. The molecule has 0 atom stereocenters. The Kier molecular flexibility index (Phi) is 5.64. The predicted molar refractivity (Wildman–Crippen MR) is 77.4 cm³/mol. The van der Waals surface area contributed by atoms with Crippen molar-refractivity contribution in [3.63, 3.8) is 0 Å². The molecule has 1 aromatic carbocycles. The van der Waals surface area contributed by atoms with Crippen LogP contribution in [0.2, 0.25) is 0 Å². The number of aliphatic hydroxyl groups is 1. The van der Waals surface area contributed by atoms with Crippen molar-refractivity contribution in [3.05, 3.63) is 39.7 Å². The van der Waals surface area contributed by atoms with Gasteiger partial charge in [0.1, 0.15) is 5.82 Å². The summed E-state index contributed by atoms with van der Waals surface area (Å²) in [7, 11) is 0. The highest BCUT2D eigenvalue weighted by molar-refractivity contribution is 5.40. The van der Waals surface area contributed by atoms with E-state index in [2.05, 4.69) is 0 Å². The van der Waals surface area contributed by atoms with E-state index in [1.54, 1.807) is 0 Å². The molecule has 1 aromatic rings. The molecule has 116 valence electrons. The van der Waals surface area contributed by atoms with Crippen LogP contribution in [0.25, 0.3) is 0 Å². The summed E-state index contributed by atoms with van der Waals surface area (Å²) in [5, 5.41) is 20.3. The van der Waals surface area contributed by atoms with Crippen LogP contribution >= 0.6 is 0 Å². The van der Waals surface area contributed by atoms with Crippen LogP contribution < -0.4 is 0 Å². The summed E-state index contributed by atoms with van der Waals surface area (Å²) in [6, 6.07) is 3.86. The quantitative estimate of drug-likeness (QED) is 0.647. The highest BCUT2D eigenvalue weighted by Crippen LogP contribution is 2.27. The van der Waals surface area contributed by atoms with Crippen LogP contribution in [0.5, 0.6) is 0 Å². The lowest BCUT2D eigenvalue weighted by atomic mass is 9.93. The minimum atomic E-state index is -0.479. The number of nitrogens with zero attached hydrogens (tertiary/aromatic N) is 2. The molecule has 6 heteroatoms. The number of halogens is 1. The summed E-state index contributed by atoms with van der Waals surface area (Å²) in [5.41, 5.74) is 0.314. The highest BCUT2D eigenvalue weighted by Gasteiger charge is 2.24. The van der Waals surface area contributed by atoms with Crippen LogP contribution in [0.15, 0.2) is 18.2 Å². The Morgan fingerprint density at radius 3 is 2.67 bits per heavy atom. The second-order valence-corrected chi connectivity index (χ2v) is 5.52. The van der Waals surface area contributed by atoms with E-state index in [0.717, 1.165) is 31.7 Å². The Morgan fingerprint density at radius 2 is 2.05 bits per heavy atom. The van der Waals surface area contributed by atoms with E-state index in [0.29, 0.717) is 24.7 Å². The molecule has 2 rings (SSSR count). The van der Waals surface area contributed by atoms with Crippen molar-refractivity contribution in [1.82, 2.24) is 4.90 Å². The van der Waals surface area contributed by atoms with E-state index in [1.807, 2.05) is 4.90 Å². The second kappa shape index (κ2) is 7.47. The molecule has 1 aliphatic carbocycles. The van der Waals surface area contributed by atoms with Gasteiger partial charge in [0.2, 0.25) is 0 Å². The van der Waals surface area contributed by atoms with Crippen molar-refractivity contribution in [2.24, 2.45) is 0 Å². The SMILES string of the molecule is O=[N+]([O-])c1ccc(F)cc1CN(CCO)C1CCCCC1. The molecular weight excluding hydrogens is 275 g/mol. The Hall–Kier alpha value is -1.53. The van der Waals surface area contributed by atoms with Crippen LogP contribution in [-0.4, -0.2) is 34.1 Å². The van der Waals surface area contributed by atoms with E-state index < -0.39 is 10.7 Å². The molecule has 1 saturated carbocycles. The summed E-state index contributed by atoms with van der Waals surface area (Å²) < 4.78 is 13.4. The van der Waals surface area contributed by atoms with Gasteiger partial charge < -0.3 is 5.11 Å². The number of nitro benzene ring substituents is 1. The van der Waals surface area contributed by atoms with E-state index in [9.17, 15) is 19.6 Å². The van der Waals surface area contributed by atoms with Gasteiger partial charge in [-0.1, -0.05) is 19.3 Å². The van der Waals surface area contributed by atoms with Gasteiger partial charge in [-0.05, 0) is 25.0 Å². The number of aliphatic hydroxyl groups excluding tert-OH is 1. The molecule has 0 aliphatic heterocycles. The normalized spacial score (nSPS) is 16.3. The van der Waals surface area contributed by atoms with Crippen LogP contribution in [0.4, 0.5) is 10.1 Å². The first-order valence-electron chi connectivity index (χ1n) is 7.39. The minimum Gasteiger partial charge on any atom is -0.395 e. The van der Waals surface area contributed by atoms with Crippen LogP contribution in [0, 0.1) is 15.9 Å². The van der Waals surface area contributed by atoms with Gasteiger partial charge in [-0.25, -0.2) is 4.39 Å². The molecule has 0 saturated heterocycles. The minimum absolute atomic E-state index is 0.000384. The summed E-state index contributed by atoms with van der Waals surface area (Å²) >= 11 is 0. The van der Waals surface area contributed by atoms with Crippen LogP contribution in [-0.2, 0) is 6.54 Å². The van der Waals surface area contributed by atoms with Gasteiger partial charge in [-0.2, -0.15) is 0 Å². The van der Waals surface area contributed by atoms with E-state index >= 15 is 0 Å². The van der Waals surface area contributed by atoms with E-state index in [-0.39, 0.29) is 12.3 Å². The molecule has 0 unspecified atom stereocenters. The summed E-state index contributed by atoms with van der Waals surface area (Å²) in [5.74, 6) is -0.469. The number of rotatable bonds is 6. The van der Waals surface area contributed by atoms with Gasteiger partial charge in [-0.15, -0.1) is 0 Å². The van der Waals surface area contributed by atoms with Crippen molar-refractivity contribution in [2.75, 3.05) is 13.2 Å². The predicted octanol–water partition coefficient (Wildman–Crippen LogP) is 2.86. The molecule has 0 aromatic heterocycles. The maximum absolute atomic E-state index is 13.4. The molecule has 0 bridgehead atoms. The van der Waals surface area contributed by atoms with Gasteiger partial charge in [0.15, 0.2) is 0 Å². The molecule has 1 fully saturated rings. The number of hydrogen-bond acceptors (Lipinski definition) is 4. The number of hydrogen-bond donors (Lipinski definition) is 1. The lowest BCUT2D eigenvalue weighted by Gasteiger charge is -2.33. The zero-order valence-electron chi connectivity index (χ0n) is 12.0. The fraction of sp³-hybridized carbons (Fsp3) is 0.600. The maximum Gasteiger partial charge on any atom is 0.274 e. The second-order valence-electron chi connectivity index (χ2n) is 5.52. The van der Waals surface area contributed by atoms with Gasteiger partial charge in [0, 0.05) is 30.8 Å². The molecular formula is C15H21FN2O3. The van der Waals surface area contributed by atoms with E-state index in [4.69, 9.17) is 0 Å². The first-order chi connectivity index (χ1) is 10.1. The molecule has 0 spiro atoms. The maximum atomic E-state index is 13.4. The Balaban J connectivity index is 2.19. The Bertz CT molecular complexity index is 490. The summed E-state index contributed by atoms with van der Waals surface area (Å²) in [6.07, 6.45) is 5.55. The Labute approximate surface area is 123 Å². The lowest BCUT2D eigenvalue weighted by Crippen LogP contribution is -2.38. The fourth-order valence-corrected chi connectivity index (χ4v) is 3.04. The van der Waals surface area contributed by atoms with Gasteiger partial charge in [-0.3, -0.25) is 15.0 Å². The van der Waals surface area contributed by atoms with Crippen molar-refractivity contribution in [3.8, 4) is 0 Å². The fourth-order valence-electron chi connectivity index (χ4n) is 3.04. The average Bonchev–Trinajstić information content (AvgIpc) is 2.47. The Morgan fingerprint density at radius 1 is 1.33 bits per heavy atom. The zero-order chi connectivity index (χ0) is 15.2. The molecule has 1 aliphatic rings. The third kappa shape index (κ3) is 4.22. The largest absolute Gasteiger partial charge is 0.395 e. The lowest BCUT2D eigenvalue weighted by molar-refractivity contribution is -0.385. The molecule has 0 radical (unpaired) electrons. The first kappa shape index (κ1) is 15.9. The van der Waals surface area contributed by atoms with Gasteiger partial charge >= 0.3 is 0 Å². The smallest absolute Gasteiger partial charge is 0.274 e. The van der Waals surface area contributed by atoms with Crippen LogP contribution in [0.1, 0.15) is 37.7 Å². The third-order valence-corrected chi connectivity index (χ3v) is 4.09. The van der Waals surface area contributed by atoms with Crippen LogP contribution in [0.3, 0.4) is 0 Å². The average molecular weight is 296 g/mol. The standard InChI is InChI=1S/C15H21FN2O3/c16-13-6-7-15(18(20)21)12(10-13)11-17(8-9-19)14-4-2-1-3-5-14/h6-7,10,14,19H,1-5,8-9,11H2. The number of benzene rings is 1. The molecule has 0 heterocycles. The highest BCUT2D eigenvalue weighted by atomic mass is 19.1. The van der Waals surface area contributed by atoms with E-state index in [1.165, 1.54) is 18.6 Å². The topological polar surface area (TPSA) is 66.6 Å². The number of nitro groups is 1. The zero-order valence-corrected chi connectivity index (χ0v) is 12.0. The monoisotopic (exact) mass is 296 g/mol. The van der Waals surface area contributed by atoms with Gasteiger partial charge in [0.05, 0.1) is 11.5 Å². The van der Waals surface area contributed by atoms with Gasteiger partial charge in [0.25, 0.3) is 5.69 Å².